The summed E-state index contributed by atoms with van der Waals surface area (Å²) in [4.78, 5) is 12.4. The zero-order chi connectivity index (χ0) is 14.9. The summed E-state index contributed by atoms with van der Waals surface area (Å²) in [5, 5.41) is 9.83. The molecule has 0 fully saturated rings. The fraction of sp³-hybridized carbons (Fsp3) is 0.188. The number of phenols is 1. The maximum absolute atomic E-state index is 12.4. The van der Waals surface area contributed by atoms with Crippen LogP contribution in [0.3, 0.4) is 0 Å². The molecule has 0 aromatic heterocycles. The van der Waals surface area contributed by atoms with Crippen molar-refractivity contribution < 1.29 is 9.90 Å². The number of benzene rings is 2. The summed E-state index contributed by atoms with van der Waals surface area (Å²) in [6.45, 7) is 4.16. The van der Waals surface area contributed by atoms with Gasteiger partial charge in [0, 0.05) is 5.56 Å². The number of aromatic hydroxyl groups is 1. The molecule has 0 bridgehead atoms. The Bertz CT molecular complexity index is 646. The van der Waals surface area contributed by atoms with Crippen molar-refractivity contribution in [3.8, 4) is 5.75 Å². The molecule has 0 atom stereocenters. The fourth-order valence-electron chi connectivity index (χ4n) is 2.03. The van der Waals surface area contributed by atoms with Crippen LogP contribution in [0, 0.1) is 0 Å². The summed E-state index contributed by atoms with van der Waals surface area (Å²) in [6, 6.07) is 10.1. The van der Waals surface area contributed by atoms with Crippen LogP contribution < -0.4 is 11.5 Å². The molecule has 0 heterocycles. The highest BCUT2D eigenvalue weighted by molar-refractivity contribution is 6.15. The third kappa shape index (κ3) is 2.45. The van der Waals surface area contributed by atoms with Crippen molar-refractivity contribution in [2.75, 3.05) is 11.5 Å². The van der Waals surface area contributed by atoms with Gasteiger partial charge in [-0.15, -0.1) is 0 Å². The number of carbonyl (C=O) groups is 1. The van der Waals surface area contributed by atoms with Crippen molar-refractivity contribution in [1.82, 2.24) is 0 Å². The fourth-order valence-corrected chi connectivity index (χ4v) is 2.03. The van der Waals surface area contributed by atoms with Crippen molar-refractivity contribution in [3.63, 3.8) is 0 Å². The lowest BCUT2D eigenvalue weighted by molar-refractivity contribution is 0.103. The van der Waals surface area contributed by atoms with Crippen molar-refractivity contribution in [1.29, 1.82) is 0 Å². The molecule has 0 aliphatic rings. The zero-order valence-electron chi connectivity index (χ0n) is 11.6. The first kappa shape index (κ1) is 13.9. The van der Waals surface area contributed by atoms with E-state index in [0.717, 1.165) is 5.56 Å². The average Bonchev–Trinajstić information content (AvgIpc) is 2.43. The molecule has 2 rings (SSSR count). The number of ketones is 1. The Labute approximate surface area is 118 Å². The van der Waals surface area contributed by atoms with Gasteiger partial charge in [-0.25, -0.2) is 0 Å². The number of nitrogen functional groups attached to an aromatic ring is 2. The third-order valence-electron chi connectivity index (χ3n) is 3.32. The summed E-state index contributed by atoms with van der Waals surface area (Å²) >= 11 is 0. The van der Waals surface area contributed by atoms with Gasteiger partial charge >= 0.3 is 0 Å². The smallest absolute Gasteiger partial charge is 0.198 e. The van der Waals surface area contributed by atoms with Crippen LogP contribution in [0.4, 0.5) is 11.4 Å². The van der Waals surface area contributed by atoms with Crippen LogP contribution in [0.1, 0.15) is 41.3 Å². The molecule has 4 heteroatoms. The summed E-state index contributed by atoms with van der Waals surface area (Å²) in [5.74, 6) is -0.0952. The van der Waals surface area contributed by atoms with Crippen LogP contribution in [0.15, 0.2) is 36.4 Å². The molecule has 20 heavy (non-hydrogen) atoms. The normalized spacial score (nSPS) is 10.8. The highest BCUT2D eigenvalue weighted by Crippen LogP contribution is 2.31. The molecule has 104 valence electrons. The van der Waals surface area contributed by atoms with Gasteiger partial charge in [0.15, 0.2) is 5.78 Å². The van der Waals surface area contributed by atoms with Gasteiger partial charge in [0.2, 0.25) is 0 Å². The molecule has 2 aromatic rings. The molecule has 0 unspecified atom stereocenters. The molecule has 0 saturated heterocycles. The monoisotopic (exact) mass is 270 g/mol. The van der Waals surface area contributed by atoms with E-state index < -0.39 is 0 Å². The van der Waals surface area contributed by atoms with Gasteiger partial charge in [-0.05, 0) is 23.6 Å². The zero-order valence-corrected chi connectivity index (χ0v) is 11.6. The molecule has 4 nitrogen and oxygen atoms in total. The largest absolute Gasteiger partial charge is 0.507 e. The molecule has 0 aliphatic heterocycles. The Morgan fingerprint density at radius 1 is 1.05 bits per heavy atom. The summed E-state index contributed by atoms with van der Waals surface area (Å²) < 4.78 is 0. The van der Waals surface area contributed by atoms with E-state index in [0.29, 0.717) is 11.5 Å². The second kappa shape index (κ2) is 5.25. The highest BCUT2D eigenvalue weighted by atomic mass is 16.3. The number of phenolic OH excluding ortho intramolecular Hbond substituents is 1. The van der Waals surface area contributed by atoms with E-state index in [1.165, 1.54) is 12.1 Å². The Balaban J connectivity index is 2.44. The average molecular weight is 270 g/mol. The maximum Gasteiger partial charge on any atom is 0.198 e. The second-order valence-corrected chi connectivity index (χ2v) is 5.07. The number of anilines is 2. The quantitative estimate of drug-likeness (QED) is 0.454. The minimum absolute atomic E-state index is 0.0577. The van der Waals surface area contributed by atoms with Gasteiger partial charge in [0.05, 0.1) is 16.9 Å². The first-order valence-electron chi connectivity index (χ1n) is 6.43. The minimum Gasteiger partial charge on any atom is -0.507 e. The predicted octanol–water partition coefficient (Wildman–Crippen LogP) is 2.91. The number of hydrogen-bond acceptors (Lipinski definition) is 4. The van der Waals surface area contributed by atoms with Crippen molar-refractivity contribution in [2.45, 2.75) is 19.8 Å². The molecule has 5 N–H and O–H groups in total. The van der Waals surface area contributed by atoms with E-state index in [1.54, 1.807) is 12.1 Å². The second-order valence-electron chi connectivity index (χ2n) is 5.07. The van der Waals surface area contributed by atoms with E-state index in [4.69, 9.17) is 11.5 Å². The Morgan fingerprint density at radius 3 is 2.20 bits per heavy atom. The Kier molecular flexibility index (Phi) is 3.66. The third-order valence-corrected chi connectivity index (χ3v) is 3.32. The predicted molar refractivity (Wildman–Crippen MR) is 80.9 cm³/mol. The number of hydrogen-bond donors (Lipinski definition) is 3. The highest BCUT2D eigenvalue weighted by Gasteiger charge is 2.18. The summed E-state index contributed by atoms with van der Waals surface area (Å²) in [5.41, 5.74) is 13.5. The van der Waals surface area contributed by atoms with Crippen LogP contribution >= 0.6 is 0 Å². The van der Waals surface area contributed by atoms with Crippen LogP contribution in [-0.4, -0.2) is 10.9 Å². The van der Waals surface area contributed by atoms with E-state index in [1.807, 2.05) is 12.1 Å². The van der Waals surface area contributed by atoms with Crippen molar-refractivity contribution in [3.05, 3.63) is 53.1 Å². The standard InChI is InChI=1S/C16H18N2O2/c1-9(2)10-3-5-11(6-4-10)16(20)14-13(19)8-7-12(17)15(14)18/h3-9,19H,17-18H2,1-2H3. The topological polar surface area (TPSA) is 89.3 Å². The number of rotatable bonds is 3. The molecule has 0 spiro atoms. The minimum atomic E-state index is -0.331. The molecule has 0 saturated carbocycles. The molecular formula is C16H18N2O2. The number of nitrogens with two attached hydrogens (primary N) is 2. The molecule has 2 aromatic carbocycles. The van der Waals surface area contributed by atoms with Gasteiger partial charge < -0.3 is 16.6 Å². The summed E-state index contributed by atoms with van der Waals surface area (Å²) in [6.07, 6.45) is 0. The van der Waals surface area contributed by atoms with Crippen molar-refractivity contribution >= 4 is 17.2 Å². The van der Waals surface area contributed by atoms with E-state index in [9.17, 15) is 9.90 Å². The van der Waals surface area contributed by atoms with Gasteiger partial charge in [-0.2, -0.15) is 0 Å². The Hall–Kier alpha value is -2.49. The van der Waals surface area contributed by atoms with Gasteiger partial charge in [0.1, 0.15) is 5.75 Å². The molecule has 0 amide bonds. The van der Waals surface area contributed by atoms with Gasteiger partial charge in [-0.3, -0.25) is 4.79 Å². The first-order valence-corrected chi connectivity index (χ1v) is 6.43. The van der Waals surface area contributed by atoms with E-state index in [2.05, 4.69) is 13.8 Å². The molecule has 0 aliphatic carbocycles. The van der Waals surface area contributed by atoms with Crippen LogP contribution in [0.25, 0.3) is 0 Å². The lowest BCUT2D eigenvalue weighted by Gasteiger charge is -2.10. The van der Waals surface area contributed by atoms with Crippen molar-refractivity contribution in [2.24, 2.45) is 0 Å². The van der Waals surface area contributed by atoms with Gasteiger partial charge in [-0.1, -0.05) is 38.1 Å². The van der Waals surface area contributed by atoms with Gasteiger partial charge in [0.25, 0.3) is 0 Å². The molecule has 0 radical (unpaired) electrons. The van der Waals surface area contributed by atoms with Crippen LogP contribution in [0.5, 0.6) is 5.75 Å². The first-order chi connectivity index (χ1) is 9.41. The van der Waals surface area contributed by atoms with Crippen LogP contribution in [-0.2, 0) is 0 Å². The Morgan fingerprint density at radius 2 is 1.65 bits per heavy atom. The maximum atomic E-state index is 12.4. The SMILES string of the molecule is CC(C)c1ccc(C(=O)c2c(O)ccc(N)c2N)cc1. The van der Waals surface area contributed by atoms with E-state index in [-0.39, 0.29) is 28.5 Å². The number of carbonyl (C=O) groups excluding carboxylic acids is 1. The lowest BCUT2D eigenvalue weighted by Crippen LogP contribution is -2.08. The van der Waals surface area contributed by atoms with E-state index >= 15 is 0 Å². The summed E-state index contributed by atoms with van der Waals surface area (Å²) in [7, 11) is 0. The van der Waals surface area contributed by atoms with Crippen LogP contribution in [0.2, 0.25) is 0 Å². The molecular weight excluding hydrogens is 252 g/mol. The lowest BCUT2D eigenvalue weighted by atomic mass is 9.96.